The third kappa shape index (κ3) is 5.76. The van der Waals surface area contributed by atoms with Crippen molar-refractivity contribution in [3.8, 4) is 0 Å². The number of benzene rings is 3. The molecule has 1 aliphatic rings. The highest BCUT2D eigenvalue weighted by atomic mass is 31.2. The van der Waals surface area contributed by atoms with E-state index in [1.807, 2.05) is 103 Å². The summed E-state index contributed by atoms with van der Waals surface area (Å²) in [6.45, 7) is 1.21. The summed E-state index contributed by atoms with van der Waals surface area (Å²) in [6, 6.07) is 32.7. The fourth-order valence-corrected chi connectivity index (χ4v) is 6.65. The van der Waals surface area contributed by atoms with E-state index in [0.717, 1.165) is 36.2 Å². The van der Waals surface area contributed by atoms with Crippen molar-refractivity contribution in [3.63, 3.8) is 0 Å². The Balaban J connectivity index is 1.37. The van der Waals surface area contributed by atoms with Gasteiger partial charge in [0.2, 0.25) is 5.78 Å². The van der Waals surface area contributed by atoms with Crippen molar-refractivity contribution in [2.24, 2.45) is 0 Å². The lowest BCUT2D eigenvalue weighted by atomic mass is 9.98. The maximum atomic E-state index is 14.1. The van der Waals surface area contributed by atoms with Crippen molar-refractivity contribution in [3.05, 3.63) is 131 Å². The van der Waals surface area contributed by atoms with Gasteiger partial charge >= 0.3 is 7.60 Å². The zero-order valence-corrected chi connectivity index (χ0v) is 21.1. The van der Waals surface area contributed by atoms with Crippen LogP contribution in [0.5, 0.6) is 0 Å². The molecular formula is C30H30NO4P. The summed E-state index contributed by atoms with van der Waals surface area (Å²) < 4.78 is 28.2. The molecule has 1 aliphatic heterocycles. The topological polar surface area (TPSA) is 57.5 Å². The number of carbonyl (C=O) groups excluding carboxylic acids is 1. The number of nitrogens with zero attached hydrogens (tertiary/aromatic N) is 1. The van der Waals surface area contributed by atoms with Crippen molar-refractivity contribution in [2.45, 2.75) is 38.5 Å². The number of rotatable bonds is 10. The van der Waals surface area contributed by atoms with E-state index in [0.29, 0.717) is 11.3 Å². The normalized spacial score (nSPS) is 15.4. The number of hydrogen-bond donors (Lipinski definition) is 0. The first-order chi connectivity index (χ1) is 17.6. The van der Waals surface area contributed by atoms with E-state index in [1.165, 1.54) is 0 Å². The Kier molecular flexibility index (Phi) is 7.62. The van der Waals surface area contributed by atoms with Crippen molar-refractivity contribution in [1.82, 2.24) is 4.57 Å². The lowest BCUT2D eigenvalue weighted by molar-refractivity contribution is 0.102. The second-order valence-corrected chi connectivity index (χ2v) is 11.2. The molecular weight excluding hydrogens is 469 g/mol. The summed E-state index contributed by atoms with van der Waals surface area (Å²) in [6.07, 6.45) is 2.05. The summed E-state index contributed by atoms with van der Waals surface area (Å²) in [5.74, 6) is -0.0141. The Bertz CT molecular complexity index is 1290. The van der Waals surface area contributed by atoms with Gasteiger partial charge in [0, 0.05) is 23.7 Å². The van der Waals surface area contributed by atoms with Crippen molar-refractivity contribution in [2.75, 3.05) is 6.16 Å². The summed E-state index contributed by atoms with van der Waals surface area (Å²) in [7, 11) is -3.45. The molecule has 0 saturated carbocycles. The van der Waals surface area contributed by atoms with Crippen LogP contribution in [-0.4, -0.2) is 16.5 Å². The maximum absolute atomic E-state index is 14.1. The molecule has 1 atom stereocenters. The minimum atomic E-state index is -3.45. The first-order valence-corrected chi connectivity index (χ1v) is 14.1. The van der Waals surface area contributed by atoms with Crippen molar-refractivity contribution < 1.29 is 18.4 Å². The van der Waals surface area contributed by atoms with Crippen LogP contribution < -0.4 is 0 Å². The molecule has 0 spiro atoms. The predicted molar refractivity (Wildman–Crippen MR) is 141 cm³/mol. The van der Waals surface area contributed by atoms with Crippen LogP contribution in [0.3, 0.4) is 0 Å². The standard InChI is InChI=1S/C30H30NO4P/c32-30(26-15-8-3-9-16-26)29-19-18-28-27(17-10-20-31(28)29)23-36(33,34-21-24-11-4-1-5-12-24)35-22-25-13-6-2-7-14-25/h1-9,11-16,18-19,27H,10,17,20-23H2. The zero-order chi connectivity index (χ0) is 24.8. The highest BCUT2D eigenvalue weighted by Gasteiger charge is 2.34. The van der Waals surface area contributed by atoms with Crippen molar-refractivity contribution >= 4 is 13.4 Å². The van der Waals surface area contributed by atoms with Gasteiger partial charge in [-0.15, -0.1) is 0 Å². The number of ketones is 1. The van der Waals surface area contributed by atoms with Crippen molar-refractivity contribution in [1.29, 1.82) is 0 Å². The van der Waals surface area contributed by atoms with Crippen LogP contribution in [0.1, 0.15) is 51.6 Å². The number of aromatic nitrogens is 1. The monoisotopic (exact) mass is 499 g/mol. The molecule has 36 heavy (non-hydrogen) atoms. The van der Waals surface area contributed by atoms with Crippen LogP contribution >= 0.6 is 7.60 Å². The third-order valence-corrected chi connectivity index (χ3v) is 8.55. The summed E-state index contributed by atoms with van der Waals surface area (Å²) in [5.41, 5.74) is 4.26. The molecule has 184 valence electrons. The number of carbonyl (C=O) groups is 1. The van der Waals surface area contributed by atoms with Crippen LogP contribution in [0.2, 0.25) is 0 Å². The van der Waals surface area contributed by atoms with E-state index in [9.17, 15) is 9.36 Å². The minimum Gasteiger partial charge on any atom is -0.342 e. The average Bonchev–Trinajstić information content (AvgIpc) is 3.37. The smallest absolute Gasteiger partial charge is 0.331 e. The molecule has 0 saturated heterocycles. The summed E-state index contributed by atoms with van der Waals surface area (Å²) in [5, 5.41) is 0. The molecule has 5 nitrogen and oxygen atoms in total. The highest BCUT2D eigenvalue weighted by molar-refractivity contribution is 7.53. The van der Waals surface area contributed by atoms with Gasteiger partial charge in [0.05, 0.1) is 25.1 Å². The van der Waals surface area contributed by atoms with Crippen LogP contribution in [0.4, 0.5) is 0 Å². The van der Waals surface area contributed by atoms with E-state index in [2.05, 4.69) is 4.57 Å². The molecule has 3 aromatic carbocycles. The quantitative estimate of drug-likeness (QED) is 0.171. The van der Waals surface area contributed by atoms with E-state index in [4.69, 9.17) is 9.05 Å². The molecule has 0 radical (unpaired) electrons. The minimum absolute atomic E-state index is 0.00587. The van der Waals surface area contributed by atoms with Gasteiger partial charge in [-0.3, -0.25) is 9.36 Å². The van der Waals surface area contributed by atoms with Gasteiger partial charge in [-0.25, -0.2) is 0 Å². The molecule has 6 heteroatoms. The molecule has 1 aromatic heterocycles. The molecule has 4 aromatic rings. The second-order valence-electron chi connectivity index (χ2n) is 9.14. The fraction of sp³-hybridized carbons (Fsp3) is 0.233. The van der Waals surface area contributed by atoms with E-state index >= 15 is 0 Å². The lowest BCUT2D eigenvalue weighted by Gasteiger charge is -2.29. The molecule has 0 aliphatic carbocycles. The Hall–Kier alpha value is -3.24. The van der Waals surface area contributed by atoms with Crippen LogP contribution in [0.15, 0.2) is 103 Å². The highest BCUT2D eigenvalue weighted by Crippen LogP contribution is 2.54. The first-order valence-electron chi connectivity index (χ1n) is 12.4. The molecule has 1 unspecified atom stereocenters. The summed E-state index contributed by atoms with van der Waals surface area (Å²) >= 11 is 0. The van der Waals surface area contributed by atoms with E-state index < -0.39 is 7.60 Å². The molecule has 2 heterocycles. The van der Waals surface area contributed by atoms with Gasteiger partial charge in [-0.05, 0) is 36.1 Å². The SMILES string of the molecule is O=C(c1ccccc1)c1ccc2n1CCCC2CP(=O)(OCc1ccccc1)OCc1ccccc1. The third-order valence-electron chi connectivity index (χ3n) is 6.62. The van der Waals surface area contributed by atoms with Gasteiger partial charge in [0.1, 0.15) is 0 Å². The Morgan fingerprint density at radius 1 is 0.778 bits per heavy atom. The van der Waals surface area contributed by atoms with Gasteiger partial charge in [0.15, 0.2) is 0 Å². The second kappa shape index (κ2) is 11.2. The largest absolute Gasteiger partial charge is 0.342 e. The van der Waals surface area contributed by atoms with Crippen LogP contribution in [0.25, 0.3) is 0 Å². The number of fused-ring (bicyclic) bond motifs is 1. The van der Waals surface area contributed by atoms with Gasteiger partial charge < -0.3 is 13.6 Å². The molecule has 5 rings (SSSR count). The number of hydrogen-bond acceptors (Lipinski definition) is 4. The Morgan fingerprint density at radius 2 is 1.33 bits per heavy atom. The molecule has 0 bridgehead atoms. The average molecular weight is 500 g/mol. The van der Waals surface area contributed by atoms with E-state index in [1.54, 1.807) is 0 Å². The molecule has 0 fully saturated rings. The maximum Gasteiger partial charge on any atom is 0.331 e. The first kappa shape index (κ1) is 24.5. The predicted octanol–water partition coefficient (Wildman–Crippen LogP) is 7.22. The Morgan fingerprint density at radius 3 is 1.92 bits per heavy atom. The van der Waals surface area contributed by atoms with Crippen LogP contribution in [0, 0.1) is 0 Å². The van der Waals surface area contributed by atoms with E-state index in [-0.39, 0.29) is 31.1 Å². The fourth-order valence-electron chi connectivity index (χ4n) is 4.76. The zero-order valence-electron chi connectivity index (χ0n) is 20.2. The molecule has 0 amide bonds. The van der Waals surface area contributed by atoms with Gasteiger partial charge in [0.25, 0.3) is 0 Å². The van der Waals surface area contributed by atoms with Gasteiger partial charge in [-0.2, -0.15) is 0 Å². The van der Waals surface area contributed by atoms with Gasteiger partial charge in [-0.1, -0.05) is 91.0 Å². The van der Waals surface area contributed by atoms with Crippen LogP contribution in [-0.2, 0) is 33.4 Å². The summed E-state index contributed by atoms with van der Waals surface area (Å²) in [4.78, 5) is 13.2. The Labute approximate surface area is 212 Å². The molecule has 0 N–H and O–H groups in total. The lowest BCUT2D eigenvalue weighted by Crippen LogP contribution is -2.22.